The van der Waals surface area contributed by atoms with Crippen LogP contribution in [0.15, 0.2) is 54.6 Å². The lowest BCUT2D eigenvalue weighted by molar-refractivity contribution is 0.0930. The quantitative estimate of drug-likeness (QED) is 0.649. The molecule has 0 fully saturated rings. The molecule has 2 aromatic carbocycles. The minimum Gasteiger partial charge on any atom is -0.293 e. The number of halogens is 2. The van der Waals surface area contributed by atoms with Gasteiger partial charge in [-0.25, -0.2) is 0 Å². The van der Waals surface area contributed by atoms with E-state index < -0.39 is 4.32 Å². The summed E-state index contributed by atoms with van der Waals surface area (Å²) in [5, 5.41) is 0. The van der Waals surface area contributed by atoms with Crippen LogP contribution in [0.4, 0.5) is 0 Å². The number of aryl methyl sites for hydroxylation is 1. The van der Waals surface area contributed by atoms with Crippen molar-refractivity contribution in [2.45, 2.75) is 22.0 Å². The van der Waals surface area contributed by atoms with Crippen LogP contribution in [-0.2, 0) is 6.42 Å². The monoisotopic (exact) mass is 392 g/mol. The van der Waals surface area contributed by atoms with Gasteiger partial charge in [0.05, 0.1) is 4.83 Å². The lowest BCUT2D eigenvalue weighted by Gasteiger charge is -2.35. The summed E-state index contributed by atoms with van der Waals surface area (Å²) in [7, 11) is 0. The molecule has 0 amide bonds. The number of rotatable bonds is 2. The van der Waals surface area contributed by atoms with E-state index in [0.29, 0.717) is 0 Å². The van der Waals surface area contributed by atoms with Crippen molar-refractivity contribution in [2.75, 3.05) is 0 Å². The molecule has 3 heteroatoms. The first-order chi connectivity index (χ1) is 9.63. The van der Waals surface area contributed by atoms with Crippen molar-refractivity contribution in [3.05, 3.63) is 71.3 Å². The van der Waals surface area contributed by atoms with Crippen LogP contribution >= 0.6 is 31.9 Å². The molecule has 1 aliphatic rings. The molecule has 0 saturated heterocycles. The Morgan fingerprint density at radius 3 is 2.40 bits per heavy atom. The average molecular weight is 394 g/mol. The second kappa shape index (κ2) is 5.45. The molecule has 3 rings (SSSR count). The Labute approximate surface area is 135 Å². The van der Waals surface area contributed by atoms with Crippen LogP contribution in [-0.4, -0.2) is 10.1 Å². The fraction of sp³-hybridized carbons (Fsp3) is 0.235. The predicted molar refractivity (Wildman–Crippen MR) is 88.9 cm³/mol. The van der Waals surface area contributed by atoms with Gasteiger partial charge < -0.3 is 0 Å². The summed E-state index contributed by atoms with van der Waals surface area (Å²) < 4.78 is -0.567. The molecule has 2 aromatic rings. The van der Waals surface area contributed by atoms with Gasteiger partial charge in [0.25, 0.3) is 0 Å². The summed E-state index contributed by atoms with van der Waals surface area (Å²) in [6.07, 6.45) is 1.72. The van der Waals surface area contributed by atoms with Crippen molar-refractivity contribution in [1.29, 1.82) is 0 Å². The summed E-state index contributed by atoms with van der Waals surface area (Å²) in [6, 6.07) is 18.0. The Bertz CT molecular complexity index is 638. The number of Topliss-reactive ketones (excluding diaryl/α,β-unsaturated/α-hetero) is 1. The third kappa shape index (κ3) is 2.27. The number of carbonyl (C=O) groups excluding carboxylic acids is 1. The highest BCUT2D eigenvalue weighted by atomic mass is 79.9. The van der Waals surface area contributed by atoms with E-state index in [4.69, 9.17) is 0 Å². The van der Waals surface area contributed by atoms with Gasteiger partial charge in [-0.1, -0.05) is 86.5 Å². The molecule has 20 heavy (non-hydrogen) atoms. The maximum atomic E-state index is 12.9. The first kappa shape index (κ1) is 14.0. The molecule has 0 heterocycles. The summed E-state index contributed by atoms with van der Waals surface area (Å²) in [4.78, 5) is 12.8. The molecule has 2 atom stereocenters. The van der Waals surface area contributed by atoms with E-state index in [1.54, 1.807) is 0 Å². The lowest BCUT2D eigenvalue weighted by atomic mass is 9.79. The van der Waals surface area contributed by atoms with Crippen molar-refractivity contribution in [3.63, 3.8) is 0 Å². The maximum Gasteiger partial charge on any atom is 0.181 e. The number of fused-ring (bicyclic) bond motifs is 1. The molecular formula is C17H14Br2O. The smallest absolute Gasteiger partial charge is 0.181 e. The molecule has 0 unspecified atom stereocenters. The van der Waals surface area contributed by atoms with Crippen molar-refractivity contribution >= 4 is 37.6 Å². The van der Waals surface area contributed by atoms with E-state index in [1.165, 1.54) is 0 Å². The van der Waals surface area contributed by atoms with Gasteiger partial charge in [-0.05, 0) is 24.0 Å². The first-order valence-corrected chi connectivity index (χ1v) is 8.34. The molecule has 0 aromatic heterocycles. The van der Waals surface area contributed by atoms with Crippen molar-refractivity contribution < 1.29 is 4.79 Å². The Morgan fingerprint density at radius 2 is 1.65 bits per heavy atom. The second-order valence-electron chi connectivity index (χ2n) is 5.12. The Balaban J connectivity index is 2.00. The van der Waals surface area contributed by atoms with Crippen molar-refractivity contribution in [2.24, 2.45) is 0 Å². The van der Waals surface area contributed by atoms with Gasteiger partial charge in [0.2, 0.25) is 0 Å². The minimum atomic E-state index is -0.567. The molecule has 1 aliphatic carbocycles. The van der Waals surface area contributed by atoms with Crippen LogP contribution in [0.1, 0.15) is 32.7 Å². The van der Waals surface area contributed by atoms with Gasteiger partial charge in [-0.2, -0.15) is 0 Å². The molecule has 0 aliphatic heterocycles. The topological polar surface area (TPSA) is 17.1 Å². The van der Waals surface area contributed by atoms with Crippen LogP contribution in [0, 0.1) is 0 Å². The number of hydrogen-bond acceptors (Lipinski definition) is 1. The van der Waals surface area contributed by atoms with Crippen LogP contribution in [0.25, 0.3) is 0 Å². The third-order valence-electron chi connectivity index (χ3n) is 3.89. The number of hydrogen-bond donors (Lipinski definition) is 0. The Kier molecular flexibility index (Phi) is 3.83. The van der Waals surface area contributed by atoms with E-state index in [-0.39, 0.29) is 10.6 Å². The molecule has 0 bridgehead atoms. The van der Waals surface area contributed by atoms with E-state index >= 15 is 0 Å². The van der Waals surface area contributed by atoms with E-state index in [9.17, 15) is 4.79 Å². The van der Waals surface area contributed by atoms with Crippen LogP contribution in [0.2, 0.25) is 0 Å². The first-order valence-electron chi connectivity index (χ1n) is 6.63. The number of benzene rings is 2. The van der Waals surface area contributed by atoms with E-state index in [0.717, 1.165) is 29.5 Å². The van der Waals surface area contributed by atoms with Crippen molar-refractivity contribution in [1.82, 2.24) is 0 Å². The Hall–Kier alpha value is -0.930. The maximum absolute atomic E-state index is 12.9. The normalized spacial score (nSPS) is 23.2. The van der Waals surface area contributed by atoms with Gasteiger partial charge >= 0.3 is 0 Å². The van der Waals surface area contributed by atoms with Gasteiger partial charge in [0.15, 0.2) is 5.78 Å². The van der Waals surface area contributed by atoms with Crippen LogP contribution in [0.3, 0.4) is 0 Å². The number of carbonyl (C=O) groups is 1. The SMILES string of the molecule is O=C1c2ccccc2CC[C@]1(Br)[C@@H](Br)c1ccccc1. The lowest BCUT2D eigenvalue weighted by Crippen LogP contribution is -2.40. The van der Waals surface area contributed by atoms with Gasteiger partial charge in [0.1, 0.15) is 4.32 Å². The molecule has 0 saturated carbocycles. The molecular weight excluding hydrogens is 380 g/mol. The van der Waals surface area contributed by atoms with Crippen LogP contribution in [0.5, 0.6) is 0 Å². The van der Waals surface area contributed by atoms with Gasteiger partial charge in [-0.15, -0.1) is 0 Å². The predicted octanol–water partition coefficient (Wildman–Crippen LogP) is 5.09. The van der Waals surface area contributed by atoms with Gasteiger partial charge in [0, 0.05) is 5.56 Å². The van der Waals surface area contributed by atoms with Crippen LogP contribution < -0.4 is 0 Å². The Morgan fingerprint density at radius 1 is 1.00 bits per heavy atom. The third-order valence-corrected chi connectivity index (χ3v) is 7.03. The molecule has 0 N–H and O–H groups in total. The molecule has 0 radical (unpaired) electrons. The standard InChI is InChI=1S/C17H14Br2O/c18-15(13-7-2-1-3-8-13)17(19)11-10-12-6-4-5-9-14(12)16(17)20/h1-9,15H,10-11H2/t15-,17-/m0/s1. The number of ketones is 1. The zero-order valence-electron chi connectivity index (χ0n) is 10.9. The zero-order valence-corrected chi connectivity index (χ0v) is 14.0. The summed E-state index contributed by atoms with van der Waals surface area (Å²) in [5.74, 6) is 0.171. The minimum absolute atomic E-state index is 0.0305. The fourth-order valence-electron chi connectivity index (χ4n) is 2.74. The van der Waals surface area contributed by atoms with E-state index in [1.807, 2.05) is 42.5 Å². The average Bonchev–Trinajstić information content (AvgIpc) is 2.51. The highest BCUT2D eigenvalue weighted by molar-refractivity contribution is 9.12. The molecule has 102 valence electrons. The number of alkyl halides is 2. The summed E-state index contributed by atoms with van der Waals surface area (Å²) >= 11 is 7.47. The van der Waals surface area contributed by atoms with E-state index in [2.05, 4.69) is 44.0 Å². The second-order valence-corrected chi connectivity index (χ2v) is 7.45. The summed E-state index contributed by atoms with van der Waals surface area (Å²) in [6.45, 7) is 0. The fourth-order valence-corrected chi connectivity index (χ4v) is 4.16. The molecule has 0 spiro atoms. The largest absolute Gasteiger partial charge is 0.293 e. The highest BCUT2D eigenvalue weighted by Gasteiger charge is 2.45. The highest BCUT2D eigenvalue weighted by Crippen LogP contribution is 2.48. The molecule has 1 nitrogen and oxygen atoms in total. The van der Waals surface area contributed by atoms with Gasteiger partial charge in [-0.3, -0.25) is 4.79 Å². The zero-order chi connectivity index (χ0) is 14.2. The summed E-state index contributed by atoms with van der Waals surface area (Å²) in [5.41, 5.74) is 3.12. The van der Waals surface area contributed by atoms with Crippen molar-refractivity contribution in [3.8, 4) is 0 Å².